The summed E-state index contributed by atoms with van der Waals surface area (Å²) in [4.78, 5) is 21.7. The Bertz CT molecular complexity index is 433. The summed E-state index contributed by atoms with van der Waals surface area (Å²) in [5.41, 5.74) is 1.08. The molecule has 104 valence electrons. The fourth-order valence-corrected chi connectivity index (χ4v) is 2.03. The van der Waals surface area contributed by atoms with Gasteiger partial charge in [0.25, 0.3) is 0 Å². The number of carboxylic acids is 2. The van der Waals surface area contributed by atoms with E-state index >= 15 is 0 Å². The van der Waals surface area contributed by atoms with Crippen molar-refractivity contribution in [2.45, 2.75) is 19.0 Å². The van der Waals surface area contributed by atoms with Crippen LogP contribution in [0.5, 0.6) is 0 Å². The number of rotatable bonds is 8. The zero-order valence-electron chi connectivity index (χ0n) is 10.6. The lowest BCUT2D eigenvalue weighted by Crippen LogP contribution is -2.36. The molecular weight excluding hydrogens is 266 g/mol. The number of nitrogens with one attached hydrogen (secondary N) is 1. The van der Waals surface area contributed by atoms with Crippen molar-refractivity contribution in [1.82, 2.24) is 5.32 Å². The topological polar surface area (TPSA) is 86.6 Å². The number of benzene rings is 1. The summed E-state index contributed by atoms with van der Waals surface area (Å²) >= 11 is 1.61. The van der Waals surface area contributed by atoms with Crippen LogP contribution in [0, 0.1) is 0 Å². The molecule has 0 radical (unpaired) electrons. The number of aromatic carboxylic acids is 1. The SMILES string of the molecule is CSCC[C@H](NCc1ccc(C(=O)O)cc1)C(=O)O. The Morgan fingerprint density at radius 3 is 2.37 bits per heavy atom. The molecule has 19 heavy (non-hydrogen) atoms. The third kappa shape index (κ3) is 5.32. The molecule has 0 amide bonds. The van der Waals surface area contributed by atoms with Gasteiger partial charge in [-0.3, -0.25) is 4.79 Å². The van der Waals surface area contributed by atoms with Gasteiger partial charge in [-0.2, -0.15) is 11.8 Å². The lowest BCUT2D eigenvalue weighted by molar-refractivity contribution is -0.139. The molecule has 0 aliphatic carbocycles. The highest BCUT2D eigenvalue weighted by Crippen LogP contribution is 2.06. The summed E-state index contributed by atoms with van der Waals surface area (Å²) in [7, 11) is 0. The number of thioether (sulfide) groups is 1. The molecule has 0 spiro atoms. The van der Waals surface area contributed by atoms with Gasteiger partial charge in [0.15, 0.2) is 0 Å². The Labute approximate surface area is 116 Å². The number of aliphatic carboxylic acids is 1. The minimum absolute atomic E-state index is 0.223. The van der Waals surface area contributed by atoms with Crippen LogP contribution < -0.4 is 5.32 Å². The third-order valence-corrected chi connectivity index (χ3v) is 3.31. The van der Waals surface area contributed by atoms with E-state index < -0.39 is 18.0 Å². The zero-order valence-corrected chi connectivity index (χ0v) is 11.4. The molecule has 1 aromatic rings. The van der Waals surface area contributed by atoms with Gasteiger partial charge in [-0.15, -0.1) is 0 Å². The number of hydrogen-bond acceptors (Lipinski definition) is 4. The molecule has 1 rings (SSSR count). The number of hydrogen-bond donors (Lipinski definition) is 3. The smallest absolute Gasteiger partial charge is 0.335 e. The fraction of sp³-hybridized carbons (Fsp3) is 0.385. The maximum Gasteiger partial charge on any atom is 0.335 e. The Morgan fingerprint density at radius 1 is 1.26 bits per heavy atom. The van der Waals surface area contributed by atoms with Crippen molar-refractivity contribution in [1.29, 1.82) is 0 Å². The van der Waals surface area contributed by atoms with Crippen LogP contribution >= 0.6 is 11.8 Å². The molecule has 5 nitrogen and oxygen atoms in total. The van der Waals surface area contributed by atoms with Crippen molar-refractivity contribution in [2.75, 3.05) is 12.0 Å². The number of carboxylic acid groups (broad SMARTS) is 2. The predicted octanol–water partition coefficient (Wildman–Crippen LogP) is 1.68. The standard InChI is InChI=1S/C13H17NO4S/c1-19-7-6-11(13(17)18)14-8-9-2-4-10(5-3-9)12(15)16/h2-5,11,14H,6-8H2,1H3,(H,15,16)(H,17,18)/t11-/m0/s1. The second kappa shape index (κ2) is 7.81. The molecule has 1 aromatic carbocycles. The molecule has 0 aliphatic rings. The van der Waals surface area contributed by atoms with Gasteiger partial charge < -0.3 is 15.5 Å². The fourth-order valence-electron chi connectivity index (χ4n) is 1.55. The summed E-state index contributed by atoms with van der Waals surface area (Å²) in [6.07, 6.45) is 2.49. The first-order valence-corrected chi connectivity index (χ1v) is 7.21. The van der Waals surface area contributed by atoms with Gasteiger partial charge in [-0.05, 0) is 36.1 Å². The molecule has 0 fully saturated rings. The Hall–Kier alpha value is -1.53. The molecule has 0 unspecified atom stereocenters. The van der Waals surface area contributed by atoms with Crippen molar-refractivity contribution in [3.05, 3.63) is 35.4 Å². The lowest BCUT2D eigenvalue weighted by atomic mass is 10.1. The van der Waals surface area contributed by atoms with Crippen LogP contribution in [0.15, 0.2) is 24.3 Å². The van der Waals surface area contributed by atoms with Crippen LogP contribution in [0.1, 0.15) is 22.3 Å². The first kappa shape index (κ1) is 15.5. The third-order valence-electron chi connectivity index (χ3n) is 2.66. The normalized spacial score (nSPS) is 12.1. The van der Waals surface area contributed by atoms with Crippen LogP contribution in [0.3, 0.4) is 0 Å². The molecule has 0 saturated carbocycles. The summed E-state index contributed by atoms with van der Waals surface area (Å²) in [5, 5.41) is 20.8. The molecule has 0 aromatic heterocycles. The molecular formula is C13H17NO4S. The number of carbonyl (C=O) groups is 2. The van der Waals surface area contributed by atoms with E-state index in [1.165, 1.54) is 12.1 Å². The highest BCUT2D eigenvalue weighted by molar-refractivity contribution is 7.98. The first-order chi connectivity index (χ1) is 9.04. The monoisotopic (exact) mass is 283 g/mol. The summed E-state index contributed by atoms with van der Waals surface area (Å²) in [6, 6.07) is 5.81. The molecule has 1 atom stereocenters. The van der Waals surface area contributed by atoms with Gasteiger partial charge in [0.05, 0.1) is 5.56 Å². The van der Waals surface area contributed by atoms with Gasteiger partial charge in [0.2, 0.25) is 0 Å². The average molecular weight is 283 g/mol. The Balaban J connectivity index is 2.54. The molecule has 6 heteroatoms. The van der Waals surface area contributed by atoms with Crippen molar-refractivity contribution in [3.63, 3.8) is 0 Å². The van der Waals surface area contributed by atoms with Crippen LogP contribution in [0.4, 0.5) is 0 Å². The quantitative estimate of drug-likeness (QED) is 0.673. The van der Waals surface area contributed by atoms with Crippen LogP contribution in [-0.4, -0.2) is 40.2 Å². The Morgan fingerprint density at radius 2 is 1.89 bits per heavy atom. The van der Waals surface area contributed by atoms with Crippen molar-refractivity contribution in [3.8, 4) is 0 Å². The van der Waals surface area contributed by atoms with Crippen molar-refractivity contribution < 1.29 is 19.8 Å². The van der Waals surface area contributed by atoms with Gasteiger partial charge in [-0.25, -0.2) is 4.79 Å². The molecule has 3 N–H and O–H groups in total. The molecule has 0 saturated heterocycles. The summed E-state index contributed by atoms with van der Waals surface area (Å²) in [6.45, 7) is 0.408. The molecule has 0 aliphatic heterocycles. The zero-order chi connectivity index (χ0) is 14.3. The van der Waals surface area contributed by atoms with Crippen LogP contribution in [0.25, 0.3) is 0 Å². The highest BCUT2D eigenvalue weighted by atomic mass is 32.2. The van der Waals surface area contributed by atoms with Crippen LogP contribution in [-0.2, 0) is 11.3 Å². The minimum atomic E-state index is -0.970. The van der Waals surface area contributed by atoms with E-state index in [0.29, 0.717) is 13.0 Å². The van der Waals surface area contributed by atoms with Gasteiger partial charge in [-0.1, -0.05) is 12.1 Å². The van der Waals surface area contributed by atoms with E-state index in [4.69, 9.17) is 10.2 Å². The van der Waals surface area contributed by atoms with E-state index in [-0.39, 0.29) is 5.56 Å². The first-order valence-electron chi connectivity index (χ1n) is 5.82. The van der Waals surface area contributed by atoms with Crippen molar-refractivity contribution >= 4 is 23.7 Å². The molecule has 0 heterocycles. The van der Waals surface area contributed by atoms with Gasteiger partial charge in [0.1, 0.15) is 6.04 Å². The summed E-state index contributed by atoms with van der Waals surface area (Å²) in [5.74, 6) is -1.05. The largest absolute Gasteiger partial charge is 0.480 e. The highest BCUT2D eigenvalue weighted by Gasteiger charge is 2.15. The van der Waals surface area contributed by atoms with Crippen molar-refractivity contribution in [2.24, 2.45) is 0 Å². The van der Waals surface area contributed by atoms with E-state index in [1.54, 1.807) is 23.9 Å². The van der Waals surface area contributed by atoms with Gasteiger partial charge in [0, 0.05) is 6.54 Å². The maximum atomic E-state index is 11.0. The second-order valence-corrected chi connectivity index (χ2v) is 5.04. The predicted molar refractivity (Wildman–Crippen MR) is 74.7 cm³/mol. The van der Waals surface area contributed by atoms with E-state index in [2.05, 4.69) is 5.32 Å². The molecule has 0 bridgehead atoms. The van der Waals surface area contributed by atoms with E-state index in [9.17, 15) is 9.59 Å². The Kier molecular flexibility index (Phi) is 6.38. The van der Waals surface area contributed by atoms with Gasteiger partial charge >= 0.3 is 11.9 Å². The summed E-state index contributed by atoms with van der Waals surface area (Å²) < 4.78 is 0. The van der Waals surface area contributed by atoms with E-state index in [0.717, 1.165) is 11.3 Å². The second-order valence-electron chi connectivity index (χ2n) is 4.06. The minimum Gasteiger partial charge on any atom is -0.480 e. The lowest BCUT2D eigenvalue weighted by Gasteiger charge is -2.13. The maximum absolute atomic E-state index is 11.0. The average Bonchev–Trinajstić information content (AvgIpc) is 2.39. The van der Waals surface area contributed by atoms with E-state index in [1.807, 2.05) is 6.26 Å². The van der Waals surface area contributed by atoms with Crippen LogP contribution in [0.2, 0.25) is 0 Å².